The maximum atomic E-state index is 12.1. The summed E-state index contributed by atoms with van der Waals surface area (Å²) >= 11 is 0. The fraction of sp³-hybridized carbons (Fsp3) is 0.483. The van der Waals surface area contributed by atoms with E-state index in [2.05, 4.69) is 29.3 Å². The largest absolute Gasteiger partial charge is 0.496 e. The van der Waals surface area contributed by atoms with Gasteiger partial charge in [-0.15, -0.1) is 0 Å². The molecule has 1 aromatic heterocycles. The number of rotatable bonds is 13. The number of hydrogen-bond acceptors (Lipinski definition) is 8. The van der Waals surface area contributed by atoms with Gasteiger partial charge in [-0.2, -0.15) is 15.4 Å². The molecule has 1 unspecified atom stereocenters. The molecule has 0 saturated carbocycles. The van der Waals surface area contributed by atoms with Gasteiger partial charge in [0.25, 0.3) is 0 Å². The highest BCUT2D eigenvalue weighted by Crippen LogP contribution is 2.39. The SMILES string of the molecule is CCCc1c(OCCCOc2ccc(-c3cn[nH]n3)c(OC)c2CCC)ccc2c1OC(C(=O)OC)CC2. The summed E-state index contributed by atoms with van der Waals surface area (Å²) in [7, 11) is 3.06. The van der Waals surface area contributed by atoms with Crippen LogP contribution in [0.3, 0.4) is 0 Å². The summed E-state index contributed by atoms with van der Waals surface area (Å²) in [6, 6.07) is 7.97. The summed E-state index contributed by atoms with van der Waals surface area (Å²) in [5, 5.41) is 10.8. The van der Waals surface area contributed by atoms with E-state index in [1.54, 1.807) is 13.3 Å². The highest BCUT2D eigenvalue weighted by molar-refractivity contribution is 5.76. The van der Waals surface area contributed by atoms with Gasteiger partial charge in [0.15, 0.2) is 6.10 Å². The first-order valence-corrected chi connectivity index (χ1v) is 13.3. The number of nitrogens with one attached hydrogen (secondary N) is 1. The highest BCUT2D eigenvalue weighted by atomic mass is 16.6. The second-order valence-corrected chi connectivity index (χ2v) is 9.23. The molecular formula is C29H37N3O6. The monoisotopic (exact) mass is 523 g/mol. The summed E-state index contributed by atoms with van der Waals surface area (Å²) in [5.41, 5.74) is 4.75. The predicted molar refractivity (Wildman–Crippen MR) is 143 cm³/mol. The number of methoxy groups -OCH3 is 2. The van der Waals surface area contributed by atoms with Gasteiger partial charge in [-0.1, -0.05) is 32.8 Å². The summed E-state index contributed by atoms with van der Waals surface area (Å²) in [5.74, 6) is 2.79. The molecule has 9 heteroatoms. The Morgan fingerprint density at radius 2 is 1.74 bits per heavy atom. The molecule has 2 aromatic carbocycles. The van der Waals surface area contributed by atoms with E-state index in [-0.39, 0.29) is 5.97 Å². The minimum Gasteiger partial charge on any atom is -0.496 e. The number of nitrogens with zero attached hydrogens (tertiary/aromatic N) is 2. The van der Waals surface area contributed by atoms with Crippen LogP contribution in [0.25, 0.3) is 11.3 Å². The van der Waals surface area contributed by atoms with Crippen LogP contribution >= 0.6 is 0 Å². The van der Waals surface area contributed by atoms with Gasteiger partial charge < -0.3 is 23.7 Å². The molecule has 0 bridgehead atoms. The fourth-order valence-electron chi connectivity index (χ4n) is 4.83. The molecule has 1 aliphatic rings. The van der Waals surface area contributed by atoms with Crippen LogP contribution in [-0.4, -0.2) is 54.9 Å². The molecule has 204 valence electrons. The first-order chi connectivity index (χ1) is 18.6. The van der Waals surface area contributed by atoms with E-state index < -0.39 is 6.10 Å². The molecule has 3 aromatic rings. The van der Waals surface area contributed by atoms with Crippen molar-refractivity contribution in [1.82, 2.24) is 15.4 Å². The molecule has 0 aliphatic carbocycles. The van der Waals surface area contributed by atoms with E-state index >= 15 is 0 Å². The lowest BCUT2D eigenvalue weighted by molar-refractivity contribution is -0.149. The first kappa shape index (κ1) is 27.3. The number of fused-ring (bicyclic) bond motifs is 1. The van der Waals surface area contributed by atoms with Crippen molar-refractivity contribution in [2.75, 3.05) is 27.4 Å². The van der Waals surface area contributed by atoms with Crippen LogP contribution in [0.15, 0.2) is 30.5 Å². The third-order valence-corrected chi connectivity index (χ3v) is 6.62. The number of benzene rings is 2. The minimum atomic E-state index is -0.572. The van der Waals surface area contributed by atoms with Crippen LogP contribution in [-0.2, 0) is 28.8 Å². The van der Waals surface area contributed by atoms with Gasteiger partial charge in [-0.05, 0) is 49.4 Å². The van der Waals surface area contributed by atoms with Crippen molar-refractivity contribution >= 4 is 5.97 Å². The number of esters is 1. The lowest BCUT2D eigenvalue weighted by atomic mass is 9.96. The van der Waals surface area contributed by atoms with Gasteiger partial charge in [0.1, 0.15) is 28.7 Å². The third-order valence-electron chi connectivity index (χ3n) is 6.62. The van der Waals surface area contributed by atoms with E-state index in [9.17, 15) is 4.79 Å². The molecule has 0 saturated heterocycles. The Hall–Kier alpha value is -3.75. The average molecular weight is 524 g/mol. The van der Waals surface area contributed by atoms with Gasteiger partial charge in [-0.25, -0.2) is 4.79 Å². The molecule has 0 amide bonds. The zero-order valence-corrected chi connectivity index (χ0v) is 22.7. The topological polar surface area (TPSA) is 105 Å². The first-order valence-electron chi connectivity index (χ1n) is 13.3. The molecule has 0 radical (unpaired) electrons. The van der Waals surface area contributed by atoms with Crippen LogP contribution < -0.4 is 18.9 Å². The van der Waals surface area contributed by atoms with Gasteiger partial charge in [0.05, 0.1) is 33.6 Å². The number of ether oxygens (including phenoxy) is 5. The van der Waals surface area contributed by atoms with E-state index in [1.807, 2.05) is 24.3 Å². The zero-order valence-electron chi connectivity index (χ0n) is 22.7. The number of hydrogen-bond donors (Lipinski definition) is 1. The van der Waals surface area contributed by atoms with Crippen molar-refractivity contribution in [3.8, 4) is 34.3 Å². The van der Waals surface area contributed by atoms with Crippen LogP contribution in [0.1, 0.15) is 56.2 Å². The van der Waals surface area contributed by atoms with Crippen molar-refractivity contribution in [3.63, 3.8) is 0 Å². The summed E-state index contributed by atoms with van der Waals surface area (Å²) in [4.78, 5) is 12.1. The number of H-pyrrole nitrogens is 1. The van der Waals surface area contributed by atoms with Crippen molar-refractivity contribution in [3.05, 3.63) is 47.2 Å². The molecule has 0 spiro atoms. The van der Waals surface area contributed by atoms with E-state index in [4.69, 9.17) is 23.7 Å². The van der Waals surface area contributed by atoms with Gasteiger partial charge in [0.2, 0.25) is 0 Å². The van der Waals surface area contributed by atoms with Gasteiger partial charge in [-0.3, -0.25) is 0 Å². The summed E-state index contributed by atoms with van der Waals surface area (Å²) in [6.07, 6.45) is 6.73. The van der Waals surface area contributed by atoms with Crippen molar-refractivity contribution in [1.29, 1.82) is 0 Å². The standard InChI is InChI=1S/C29H37N3O6/c1-5-8-21-24(13-10-19-11-14-26(29(33)35-4)38-27(19)21)36-16-7-17-37-25-15-12-20(23-18-30-32-31-23)28(34-3)22(25)9-6-2/h10,12-13,15,18,26H,5-9,11,14,16-17H2,1-4H3,(H,30,31,32). The molecule has 38 heavy (non-hydrogen) atoms. The van der Waals surface area contributed by atoms with Crippen molar-refractivity contribution in [2.24, 2.45) is 0 Å². The number of aromatic nitrogens is 3. The van der Waals surface area contributed by atoms with Crippen LogP contribution in [0.2, 0.25) is 0 Å². The summed E-state index contributed by atoms with van der Waals surface area (Å²) in [6.45, 7) is 5.24. The van der Waals surface area contributed by atoms with Crippen molar-refractivity contribution in [2.45, 2.75) is 64.9 Å². The predicted octanol–water partition coefficient (Wildman–Crippen LogP) is 5.10. The third kappa shape index (κ3) is 6.03. The second-order valence-electron chi connectivity index (χ2n) is 9.23. The number of carbonyl (C=O) groups excluding carboxylic acids is 1. The molecule has 0 fully saturated rings. The Bertz CT molecular complexity index is 1210. The number of carbonyl (C=O) groups is 1. The molecule has 9 nitrogen and oxygen atoms in total. The lowest BCUT2D eigenvalue weighted by Crippen LogP contribution is -2.32. The summed E-state index contributed by atoms with van der Waals surface area (Å²) < 4.78 is 29.1. The van der Waals surface area contributed by atoms with Crippen LogP contribution in [0.4, 0.5) is 0 Å². The smallest absolute Gasteiger partial charge is 0.347 e. The Kier molecular flexibility index (Phi) is 9.46. The molecule has 2 heterocycles. The molecule has 1 atom stereocenters. The second kappa shape index (κ2) is 13.2. The Labute approximate surface area is 223 Å². The minimum absolute atomic E-state index is 0.338. The zero-order chi connectivity index (χ0) is 26.9. The van der Waals surface area contributed by atoms with E-state index in [0.717, 1.165) is 83.0 Å². The normalized spacial score (nSPS) is 14.4. The average Bonchev–Trinajstić information content (AvgIpc) is 3.48. The maximum absolute atomic E-state index is 12.1. The van der Waals surface area contributed by atoms with Gasteiger partial charge in [0, 0.05) is 23.1 Å². The quantitative estimate of drug-likeness (QED) is 0.244. The van der Waals surface area contributed by atoms with E-state index in [0.29, 0.717) is 26.1 Å². The van der Waals surface area contributed by atoms with Crippen LogP contribution in [0, 0.1) is 0 Å². The maximum Gasteiger partial charge on any atom is 0.347 e. The number of aromatic amines is 1. The molecular weight excluding hydrogens is 486 g/mol. The lowest BCUT2D eigenvalue weighted by Gasteiger charge is -2.27. The van der Waals surface area contributed by atoms with E-state index in [1.165, 1.54) is 7.11 Å². The highest BCUT2D eigenvalue weighted by Gasteiger charge is 2.29. The fourth-order valence-corrected chi connectivity index (χ4v) is 4.83. The Morgan fingerprint density at radius 3 is 2.39 bits per heavy atom. The number of aryl methyl sites for hydroxylation is 1. The molecule has 4 rings (SSSR count). The Morgan fingerprint density at radius 1 is 1.03 bits per heavy atom. The Balaban J connectivity index is 1.41. The molecule has 1 N–H and O–H groups in total. The molecule has 1 aliphatic heterocycles. The van der Waals surface area contributed by atoms with Crippen molar-refractivity contribution < 1.29 is 28.5 Å². The van der Waals surface area contributed by atoms with Crippen LogP contribution in [0.5, 0.6) is 23.0 Å². The van der Waals surface area contributed by atoms with Gasteiger partial charge >= 0.3 is 5.97 Å².